The molecule has 2 unspecified atom stereocenters. The Hall–Kier alpha value is -4.22. The van der Waals surface area contributed by atoms with E-state index in [9.17, 15) is 14.9 Å². The summed E-state index contributed by atoms with van der Waals surface area (Å²) in [5, 5.41) is 24.4. The van der Waals surface area contributed by atoms with Crippen molar-refractivity contribution in [1.82, 2.24) is 0 Å². The number of carbonyl (C=O) groups excluding carboxylic acids is 2. The molecule has 9 heteroatoms. The summed E-state index contributed by atoms with van der Waals surface area (Å²) in [6.07, 6.45) is 8.55. The minimum absolute atomic E-state index is 0.205. The molecule has 44 heavy (non-hydrogen) atoms. The SMILES string of the molecule is CCOc1cc2c(cc1NC(C)=O)C(Nc1ccc(NC(=O)c3ccccc3)c(Cl)c1)C(C#N)C1(CCCCCCCC1)N2. The summed E-state index contributed by atoms with van der Waals surface area (Å²) in [6, 6.07) is 20.5. The van der Waals surface area contributed by atoms with Gasteiger partial charge in [-0.25, -0.2) is 0 Å². The normalized spacial score (nSPS) is 19.1. The van der Waals surface area contributed by atoms with Crippen LogP contribution in [0.15, 0.2) is 60.7 Å². The number of hydrogen-bond donors (Lipinski definition) is 4. The summed E-state index contributed by atoms with van der Waals surface area (Å²) >= 11 is 6.69. The molecule has 3 aromatic carbocycles. The number of ether oxygens (including phenoxy) is 1. The maximum Gasteiger partial charge on any atom is 0.255 e. The number of halogens is 1. The van der Waals surface area contributed by atoms with E-state index in [0.717, 1.165) is 55.5 Å². The molecule has 8 nitrogen and oxygen atoms in total. The Morgan fingerprint density at radius 2 is 1.68 bits per heavy atom. The van der Waals surface area contributed by atoms with Crippen molar-refractivity contribution in [1.29, 1.82) is 5.26 Å². The number of nitrogens with zero attached hydrogens (tertiary/aromatic N) is 1. The van der Waals surface area contributed by atoms with Gasteiger partial charge in [0.15, 0.2) is 0 Å². The number of hydrogen-bond acceptors (Lipinski definition) is 6. The standard InChI is InChI=1S/C35H40ClN5O3/c1-3-44-32-21-30-26(20-31(32)38-23(2)42)33(27(22-37)35(41-30)17-11-6-4-5-7-12-18-35)39-25-15-16-29(28(36)19-25)40-34(43)24-13-9-8-10-14-24/h8-10,13-16,19-21,27,33,39,41H,3-7,11-12,17-18H2,1-2H3,(H,38,42)(H,40,43). The molecule has 2 atom stereocenters. The molecular weight excluding hydrogens is 574 g/mol. The predicted octanol–water partition coefficient (Wildman–Crippen LogP) is 8.54. The van der Waals surface area contributed by atoms with E-state index in [1.807, 2.05) is 43.3 Å². The molecule has 1 aliphatic carbocycles. The zero-order valence-electron chi connectivity index (χ0n) is 25.3. The lowest BCUT2D eigenvalue weighted by Crippen LogP contribution is -2.52. The van der Waals surface area contributed by atoms with Gasteiger partial charge in [-0.05, 0) is 56.2 Å². The van der Waals surface area contributed by atoms with Crippen LogP contribution in [0.25, 0.3) is 0 Å². The fraction of sp³-hybridized carbons (Fsp3) is 0.400. The van der Waals surface area contributed by atoms with Gasteiger partial charge in [0.25, 0.3) is 5.91 Å². The van der Waals surface area contributed by atoms with Crippen LogP contribution >= 0.6 is 11.6 Å². The lowest BCUT2D eigenvalue weighted by molar-refractivity contribution is -0.114. The average Bonchev–Trinajstić information content (AvgIpc) is 3.12. The van der Waals surface area contributed by atoms with Gasteiger partial charge in [0.1, 0.15) is 5.75 Å². The van der Waals surface area contributed by atoms with Crippen LogP contribution < -0.4 is 26.0 Å². The number of nitriles is 1. The minimum atomic E-state index is -0.434. The van der Waals surface area contributed by atoms with Crippen molar-refractivity contribution in [2.24, 2.45) is 5.92 Å². The summed E-state index contributed by atoms with van der Waals surface area (Å²) in [5.41, 5.74) is 3.64. The van der Waals surface area contributed by atoms with Crippen molar-refractivity contribution in [2.45, 2.75) is 76.8 Å². The van der Waals surface area contributed by atoms with Gasteiger partial charge in [-0.3, -0.25) is 9.59 Å². The fourth-order valence-electron chi connectivity index (χ4n) is 6.55. The monoisotopic (exact) mass is 613 g/mol. The van der Waals surface area contributed by atoms with E-state index in [1.54, 1.807) is 24.3 Å². The van der Waals surface area contributed by atoms with Crippen LogP contribution in [0.3, 0.4) is 0 Å². The van der Waals surface area contributed by atoms with Crippen molar-refractivity contribution in [2.75, 3.05) is 27.9 Å². The Kier molecular flexibility index (Phi) is 9.96. The molecule has 5 rings (SSSR count). The molecule has 1 spiro atoms. The third kappa shape index (κ3) is 6.95. The molecule has 0 saturated heterocycles. The van der Waals surface area contributed by atoms with Crippen molar-refractivity contribution >= 4 is 46.2 Å². The first-order valence-corrected chi connectivity index (χ1v) is 15.9. The van der Waals surface area contributed by atoms with Crippen molar-refractivity contribution in [3.8, 4) is 11.8 Å². The summed E-state index contributed by atoms with van der Waals surface area (Å²) in [7, 11) is 0. The number of fused-ring (bicyclic) bond motifs is 1. The quantitative estimate of drug-likeness (QED) is 0.212. The lowest BCUT2D eigenvalue weighted by Gasteiger charge is -2.48. The molecule has 0 aromatic heterocycles. The van der Waals surface area contributed by atoms with E-state index >= 15 is 0 Å². The molecule has 1 fully saturated rings. The van der Waals surface area contributed by atoms with Gasteiger partial charge in [-0.2, -0.15) is 5.26 Å². The second-order valence-corrected chi connectivity index (χ2v) is 12.1. The highest BCUT2D eigenvalue weighted by atomic mass is 35.5. The van der Waals surface area contributed by atoms with Crippen LogP contribution in [0.5, 0.6) is 5.75 Å². The van der Waals surface area contributed by atoms with E-state index in [1.165, 1.54) is 19.8 Å². The van der Waals surface area contributed by atoms with E-state index in [4.69, 9.17) is 16.3 Å². The molecule has 230 valence electrons. The molecular formula is C35H40ClN5O3. The molecule has 2 aliphatic rings. The molecule has 4 N–H and O–H groups in total. The Labute approximate surface area is 264 Å². The van der Waals surface area contributed by atoms with Gasteiger partial charge >= 0.3 is 0 Å². The van der Waals surface area contributed by atoms with Crippen LogP contribution in [0, 0.1) is 17.2 Å². The first kappa shape index (κ1) is 31.2. The van der Waals surface area contributed by atoms with Crippen LogP contribution in [-0.4, -0.2) is 24.0 Å². The fourth-order valence-corrected chi connectivity index (χ4v) is 6.77. The number of rotatable bonds is 7. The second kappa shape index (κ2) is 14.0. The van der Waals surface area contributed by atoms with Gasteiger partial charge < -0.3 is 26.0 Å². The minimum Gasteiger partial charge on any atom is -0.492 e. The average molecular weight is 614 g/mol. The highest BCUT2D eigenvalue weighted by molar-refractivity contribution is 6.34. The molecule has 2 amide bonds. The number of nitrogens with one attached hydrogen (secondary N) is 4. The number of anilines is 4. The van der Waals surface area contributed by atoms with Gasteiger partial charge in [0.2, 0.25) is 5.91 Å². The van der Waals surface area contributed by atoms with Gasteiger partial charge in [0.05, 0.1) is 46.6 Å². The van der Waals surface area contributed by atoms with Gasteiger partial charge in [0, 0.05) is 35.5 Å². The van der Waals surface area contributed by atoms with Gasteiger partial charge in [-0.15, -0.1) is 0 Å². The Balaban J connectivity index is 1.53. The maximum atomic E-state index is 12.7. The number of amides is 2. The molecule has 3 aromatic rings. The summed E-state index contributed by atoms with van der Waals surface area (Å²) < 4.78 is 5.95. The Morgan fingerprint density at radius 1 is 0.977 bits per heavy atom. The molecule has 1 saturated carbocycles. The largest absolute Gasteiger partial charge is 0.492 e. The third-order valence-corrected chi connectivity index (χ3v) is 8.93. The van der Waals surface area contributed by atoms with E-state index < -0.39 is 17.5 Å². The Bertz CT molecular complexity index is 1530. The predicted molar refractivity (Wildman–Crippen MR) is 177 cm³/mol. The first-order valence-electron chi connectivity index (χ1n) is 15.5. The van der Waals surface area contributed by atoms with Crippen molar-refractivity contribution < 1.29 is 14.3 Å². The van der Waals surface area contributed by atoms with E-state index in [0.29, 0.717) is 34.3 Å². The van der Waals surface area contributed by atoms with Crippen LogP contribution in [0.2, 0.25) is 5.02 Å². The third-order valence-electron chi connectivity index (χ3n) is 8.62. The van der Waals surface area contributed by atoms with Crippen LogP contribution in [-0.2, 0) is 4.79 Å². The van der Waals surface area contributed by atoms with E-state index in [2.05, 4.69) is 27.3 Å². The Morgan fingerprint density at radius 3 is 2.32 bits per heavy atom. The summed E-state index contributed by atoms with van der Waals surface area (Å²) in [5.74, 6) is -0.276. The second-order valence-electron chi connectivity index (χ2n) is 11.7. The maximum absolute atomic E-state index is 12.7. The first-order chi connectivity index (χ1) is 21.3. The smallest absolute Gasteiger partial charge is 0.255 e. The lowest BCUT2D eigenvalue weighted by atomic mass is 9.69. The van der Waals surface area contributed by atoms with Crippen molar-refractivity contribution in [3.63, 3.8) is 0 Å². The van der Waals surface area contributed by atoms with Crippen LogP contribution in [0.4, 0.5) is 22.7 Å². The van der Waals surface area contributed by atoms with Gasteiger partial charge in [-0.1, -0.05) is 68.3 Å². The topological polar surface area (TPSA) is 115 Å². The summed E-state index contributed by atoms with van der Waals surface area (Å²) in [4.78, 5) is 24.9. The zero-order chi connectivity index (χ0) is 31.1. The molecule has 1 heterocycles. The van der Waals surface area contributed by atoms with Crippen LogP contribution in [0.1, 0.15) is 87.2 Å². The molecule has 0 bridgehead atoms. The highest BCUT2D eigenvalue weighted by Gasteiger charge is 2.48. The molecule has 1 aliphatic heterocycles. The zero-order valence-corrected chi connectivity index (χ0v) is 26.1. The number of carbonyl (C=O) groups is 2. The highest BCUT2D eigenvalue weighted by Crippen LogP contribution is 2.50. The van der Waals surface area contributed by atoms with Crippen molar-refractivity contribution in [3.05, 3.63) is 76.8 Å². The molecule has 0 radical (unpaired) electrons. The van der Waals surface area contributed by atoms with E-state index in [-0.39, 0.29) is 11.8 Å². The summed E-state index contributed by atoms with van der Waals surface area (Å²) in [6.45, 7) is 3.83. The number of benzene rings is 3.